The van der Waals surface area contributed by atoms with Crippen LogP contribution in [0.3, 0.4) is 0 Å². The predicted molar refractivity (Wildman–Crippen MR) is 59.8 cm³/mol. The molecular weight excluding hydrogens is 174 g/mol. The van der Waals surface area contributed by atoms with Crippen LogP contribution in [0.25, 0.3) is 0 Å². The Morgan fingerprint density at radius 2 is 2.00 bits per heavy atom. The second-order valence-corrected chi connectivity index (χ2v) is 3.02. The van der Waals surface area contributed by atoms with Crippen molar-refractivity contribution in [2.24, 2.45) is 0 Å². The molecule has 0 fully saturated rings. The van der Waals surface area contributed by atoms with Gasteiger partial charge in [0.05, 0.1) is 0 Å². The van der Waals surface area contributed by atoms with E-state index in [0.717, 1.165) is 11.3 Å². The van der Waals surface area contributed by atoms with E-state index in [1.807, 2.05) is 50.4 Å². The normalized spacial score (nSPS) is 10.4. The molecule has 0 unspecified atom stereocenters. The number of benzene rings is 1. The van der Waals surface area contributed by atoms with Gasteiger partial charge in [-0.2, -0.15) is 0 Å². The Hall–Kier alpha value is -1.57. The van der Waals surface area contributed by atoms with Crippen LogP contribution >= 0.6 is 0 Å². The summed E-state index contributed by atoms with van der Waals surface area (Å²) in [6.07, 6.45) is 4.24. The van der Waals surface area contributed by atoms with Gasteiger partial charge in [-0.1, -0.05) is 12.2 Å². The van der Waals surface area contributed by atoms with E-state index in [-0.39, 0.29) is 5.78 Å². The molecule has 0 aromatic heterocycles. The van der Waals surface area contributed by atoms with Crippen LogP contribution in [0.2, 0.25) is 0 Å². The zero-order valence-corrected chi connectivity index (χ0v) is 8.58. The summed E-state index contributed by atoms with van der Waals surface area (Å²) in [5.41, 5.74) is 1.79. The van der Waals surface area contributed by atoms with Gasteiger partial charge in [0.15, 0.2) is 5.78 Å². The third kappa shape index (κ3) is 2.73. The smallest absolute Gasteiger partial charge is 0.166 e. The number of nitrogens with one attached hydrogen (secondary N) is 1. The highest BCUT2D eigenvalue weighted by molar-refractivity contribution is 5.97. The molecule has 14 heavy (non-hydrogen) atoms. The van der Waals surface area contributed by atoms with Gasteiger partial charge in [-0.05, 0) is 31.2 Å². The highest BCUT2D eigenvalue weighted by Gasteiger charge is 2.02. The van der Waals surface area contributed by atoms with Crippen LogP contribution in [0.4, 0.5) is 5.69 Å². The number of Topliss-reactive ketones (excluding diaryl/α,β-unsaturated/α-hetero) is 1. The zero-order chi connectivity index (χ0) is 10.4. The fraction of sp³-hybridized carbons (Fsp3) is 0.250. The summed E-state index contributed by atoms with van der Waals surface area (Å²) in [5, 5.41) is 3.01. The van der Waals surface area contributed by atoms with Crippen molar-refractivity contribution in [2.75, 3.05) is 12.4 Å². The molecule has 0 heterocycles. The number of anilines is 1. The Kier molecular flexibility index (Phi) is 3.92. The van der Waals surface area contributed by atoms with E-state index < -0.39 is 0 Å². The third-order valence-corrected chi connectivity index (χ3v) is 2.03. The molecule has 0 saturated heterocycles. The molecule has 0 radical (unpaired) electrons. The molecule has 0 aliphatic carbocycles. The number of rotatable bonds is 4. The van der Waals surface area contributed by atoms with E-state index in [4.69, 9.17) is 0 Å². The van der Waals surface area contributed by atoms with E-state index in [0.29, 0.717) is 6.42 Å². The van der Waals surface area contributed by atoms with E-state index in [1.54, 1.807) is 0 Å². The molecule has 0 aliphatic heterocycles. The average molecular weight is 189 g/mol. The third-order valence-electron chi connectivity index (χ3n) is 2.03. The Bertz CT molecular complexity index is 325. The second-order valence-electron chi connectivity index (χ2n) is 3.02. The summed E-state index contributed by atoms with van der Waals surface area (Å²) in [7, 11) is 1.86. The zero-order valence-electron chi connectivity index (χ0n) is 8.58. The molecule has 0 amide bonds. The van der Waals surface area contributed by atoms with Crippen LogP contribution in [-0.4, -0.2) is 12.8 Å². The van der Waals surface area contributed by atoms with Gasteiger partial charge in [-0.15, -0.1) is 0 Å². The van der Waals surface area contributed by atoms with Crippen LogP contribution in [-0.2, 0) is 0 Å². The molecule has 0 bridgehead atoms. The minimum absolute atomic E-state index is 0.158. The standard InChI is InChI=1S/C12H15NO/c1-3-4-5-12(14)10-6-8-11(13-2)9-7-10/h3-4,6-9,13H,5H2,1-2H3/b4-3+. The lowest BCUT2D eigenvalue weighted by Gasteiger charge is -2.01. The molecule has 0 aliphatic rings. The quantitative estimate of drug-likeness (QED) is 0.583. The maximum atomic E-state index is 11.5. The van der Waals surface area contributed by atoms with Crippen molar-refractivity contribution in [2.45, 2.75) is 13.3 Å². The fourth-order valence-corrected chi connectivity index (χ4v) is 1.17. The number of hydrogen-bond acceptors (Lipinski definition) is 2. The van der Waals surface area contributed by atoms with Gasteiger partial charge in [-0.25, -0.2) is 0 Å². The molecule has 0 atom stereocenters. The van der Waals surface area contributed by atoms with Crippen molar-refractivity contribution in [3.8, 4) is 0 Å². The SMILES string of the molecule is C/C=C/CC(=O)c1ccc(NC)cc1. The molecule has 0 saturated carbocycles. The van der Waals surface area contributed by atoms with Gasteiger partial charge in [0.1, 0.15) is 0 Å². The van der Waals surface area contributed by atoms with Crippen LogP contribution in [0, 0.1) is 0 Å². The van der Waals surface area contributed by atoms with E-state index in [9.17, 15) is 4.79 Å². The average Bonchev–Trinajstić information content (AvgIpc) is 2.26. The van der Waals surface area contributed by atoms with E-state index >= 15 is 0 Å². The molecule has 2 nitrogen and oxygen atoms in total. The lowest BCUT2D eigenvalue weighted by atomic mass is 10.1. The van der Waals surface area contributed by atoms with E-state index in [1.165, 1.54) is 0 Å². The summed E-state index contributed by atoms with van der Waals surface area (Å²) in [4.78, 5) is 11.5. The van der Waals surface area contributed by atoms with Gasteiger partial charge >= 0.3 is 0 Å². The number of allylic oxidation sites excluding steroid dienone is 2. The maximum absolute atomic E-state index is 11.5. The summed E-state index contributed by atoms with van der Waals surface area (Å²) in [6.45, 7) is 1.91. The molecular formula is C12H15NO. The van der Waals surface area contributed by atoms with Crippen LogP contribution < -0.4 is 5.32 Å². The molecule has 1 rings (SSSR count). The van der Waals surface area contributed by atoms with Crippen molar-refractivity contribution in [3.05, 3.63) is 42.0 Å². The van der Waals surface area contributed by atoms with Crippen LogP contribution in [0.15, 0.2) is 36.4 Å². The Morgan fingerprint density at radius 1 is 1.36 bits per heavy atom. The molecule has 1 aromatic rings. The monoisotopic (exact) mass is 189 g/mol. The topological polar surface area (TPSA) is 29.1 Å². The Morgan fingerprint density at radius 3 is 2.50 bits per heavy atom. The molecule has 74 valence electrons. The molecule has 2 heteroatoms. The number of ketones is 1. The van der Waals surface area contributed by atoms with Crippen molar-refractivity contribution >= 4 is 11.5 Å². The van der Waals surface area contributed by atoms with Gasteiger partial charge < -0.3 is 5.32 Å². The van der Waals surface area contributed by atoms with Crippen LogP contribution in [0.5, 0.6) is 0 Å². The highest BCUT2D eigenvalue weighted by Crippen LogP contribution is 2.10. The molecule has 1 aromatic carbocycles. The maximum Gasteiger partial charge on any atom is 0.166 e. The van der Waals surface area contributed by atoms with Gasteiger partial charge in [0, 0.05) is 24.7 Å². The van der Waals surface area contributed by atoms with Crippen molar-refractivity contribution in [3.63, 3.8) is 0 Å². The molecule has 0 spiro atoms. The Labute approximate surface area is 84.6 Å². The van der Waals surface area contributed by atoms with Gasteiger partial charge in [0.2, 0.25) is 0 Å². The highest BCUT2D eigenvalue weighted by atomic mass is 16.1. The summed E-state index contributed by atoms with van der Waals surface area (Å²) < 4.78 is 0. The lowest BCUT2D eigenvalue weighted by molar-refractivity contribution is 0.0996. The predicted octanol–water partition coefficient (Wildman–Crippen LogP) is 2.88. The Balaban J connectivity index is 2.71. The van der Waals surface area contributed by atoms with Gasteiger partial charge in [-0.3, -0.25) is 4.79 Å². The number of carbonyl (C=O) groups excluding carboxylic acids is 1. The van der Waals surface area contributed by atoms with Crippen molar-refractivity contribution < 1.29 is 4.79 Å². The summed E-state index contributed by atoms with van der Waals surface area (Å²) in [6, 6.07) is 7.50. The second kappa shape index (κ2) is 5.22. The van der Waals surface area contributed by atoms with Crippen molar-refractivity contribution in [1.29, 1.82) is 0 Å². The minimum atomic E-state index is 0.158. The first-order valence-electron chi connectivity index (χ1n) is 4.70. The summed E-state index contributed by atoms with van der Waals surface area (Å²) >= 11 is 0. The molecule has 1 N–H and O–H groups in total. The first kappa shape index (κ1) is 10.5. The first-order valence-corrected chi connectivity index (χ1v) is 4.70. The minimum Gasteiger partial charge on any atom is -0.388 e. The number of carbonyl (C=O) groups is 1. The van der Waals surface area contributed by atoms with Crippen LogP contribution in [0.1, 0.15) is 23.7 Å². The van der Waals surface area contributed by atoms with Gasteiger partial charge in [0.25, 0.3) is 0 Å². The fourth-order valence-electron chi connectivity index (χ4n) is 1.17. The summed E-state index contributed by atoms with van der Waals surface area (Å²) in [5.74, 6) is 0.158. The first-order chi connectivity index (χ1) is 6.77. The largest absolute Gasteiger partial charge is 0.388 e. The number of hydrogen-bond donors (Lipinski definition) is 1. The van der Waals surface area contributed by atoms with Crippen molar-refractivity contribution in [1.82, 2.24) is 0 Å². The lowest BCUT2D eigenvalue weighted by Crippen LogP contribution is -1.97. The van der Waals surface area contributed by atoms with E-state index in [2.05, 4.69) is 5.32 Å².